The molecule has 6 heteroatoms. The molecule has 2 aromatic rings. The van der Waals surface area contributed by atoms with Gasteiger partial charge in [-0.3, -0.25) is 9.48 Å². The summed E-state index contributed by atoms with van der Waals surface area (Å²) < 4.78 is 2.46. The van der Waals surface area contributed by atoms with Gasteiger partial charge in [-0.2, -0.15) is 5.10 Å². The molecule has 0 fully saturated rings. The molecule has 1 amide bonds. The minimum Gasteiger partial charge on any atom is -0.350 e. The number of hydrogen-bond donors (Lipinski definition) is 1. The predicted molar refractivity (Wildman–Crippen MR) is 77.9 cm³/mol. The molecule has 1 N–H and O–H groups in total. The van der Waals surface area contributed by atoms with Crippen molar-refractivity contribution in [1.82, 2.24) is 15.1 Å². The van der Waals surface area contributed by atoms with Crippen molar-refractivity contribution >= 4 is 33.4 Å². The van der Waals surface area contributed by atoms with E-state index in [0.717, 1.165) is 10.0 Å². The van der Waals surface area contributed by atoms with Crippen LogP contribution in [0, 0.1) is 0 Å². The van der Waals surface area contributed by atoms with Gasteiger partial charge in [-0.25, -0.2) is 0 Å². The molecule has 0 bridgehead atoms. The molecular weight excluding hydrogens is 330 g/mol. The Labute approximate surface area is 124 Å². The maximum atomic E-state index is 12.0. The van der Waals surface area contributed by atoms with E-state index in [2.05, 4.69) is 26.3 Å². The Morgan fingerprint density at radius 2 is 2.16 bits per heavy atom. The second-order valence-corrected chi connectivity index (χ2v) is 5.51. The monoisotopic (exact) mass is 341 g/mol. The van der Waals surface area contributed by atoms with Crippen LogP contribution in [0.4, 0.5) is 0 Å². The number of halogens is 2. The largest absolute Gasteiger partial charge is 0.350 e. The zero-order valence-corrected chi connectivity index (χ0v) is 12.6. The van der Waals surface area contributed by atoms with Crippen LogP contribution in [0.2, 0.25) is 5.02 Å². The molecule has 0 aliphatic rings. The third-order valence-corrected chi connectivity index (χ3v) is 3.39. The summed E-state index contributed by atoms with van der Waals surface area (Å²) in [5.41, 5.74) is 1.01. The minimum atomic E-state index is -0.349. The quantitative estimate of drug-likeness (QED) is 0.927. The molecule has 100 valence electrons. The third kappa shape index (κ3) is 3.81. The minimum absolute atomic E-state index is 0.0782. The lowest BCUT2D eigenvalue weighted by Crippen LogP contribution is -2.30. The van der Waals surface area contributed by atoms with Crippen molar-refractivity contribution in [3.63, 3.8) is 0 Å². The Morgan fingerprint density at radius 3 is 2.74 bits per heavy atom. The van der Waals surface area contributed by atoms with Crippen LogP contribution in [0.1, 0.15) is 18.5 Å². The average molecular weight is 343 g/mol. The van der Waals surface area contributed by atoms with Gasteiger partial charge in [-0.05, 0) is 40.5 Å². The second-order valence-electron chi connectivity index (χ2n) is 4.16. The van der Waals surface area contributed by atoms with Gasteiger partial charge in [0.1, 0.15) is 6.04 Å². The molecule has 19 heavy (non-hydrogen) atoms. The van der Waals surface area contributed by atoms with Gasteiger partial charge >= 0.3 is 0 Å². The number of carbonyl (C=O) groups excluding carboxylic acids is 1. The van der Waals surface area contributed by atoms with E-state index in [1.54, 1.807) is 36.1 Å². The molecule has 0 spiro atoms. The van der Waals surface area contributed by atoms with E-state index in [0.29, 0.717) is 11.6 Å². The summed E-state index contributed by atoms with van der Waals surface area (Å²) in [5, 5.41) is 7.65. The number of nitrogens with one attached hydrogen (secondary N) is 1. The van der Waals surface area contributed by atoms with Crippen LogP contribution in [-0.4, -0.2) is 15.7 Å². The van der Waals surface area contributed by atoms with Gasteiger partial charge in [0.15, 0.2) is 0 Å². The van der Waals surface area contributed by atoms with Crippen molar-refractivity contribution < 1.29 is 4.79 Å². The van der Waals surface area contributed by atoms with Gasteiger partial charge in [0.05, 0.1) is 10.7 Å². The van der Waals surface area contributed by atoms with Gasteiger partial charge in [0.25, 0.3) is 0 Å². The SMILES string of the molecule is CC(C(=O)NCc1ccc(Cl)cc1)n1cc(Br)cn1. The molecule has 0 aliphatic carbocycles. The van der Waals surface area contributed by atoms with Crippen LogP contribution in [0.3, 0.4) is 0 Å². The molecule has 1 aromatic carbocycles. The van der Waals surface area contributed by atoms with Crippen LogP contribution in [0.15, 0.2) is 41.1 Å². The van der Waals surface area contributed by atoms with Gasteiger partial charge < -0.3 is 5.32 Å². The normalized spacial score (nSPS) is 12.2. The zero-order valence-electron chi connectivity index (χ0n) is 10.3. The fourth-order valence-electron chi connectivity index (χ4n) is 1.59. The molecule has 0 radical (unpaired) electrons. The Bertz CT molecular complexity index is 568. The maximum Gasteiger partial charge on any atom is 0.244 e. The maximum absolute atomic E-state index is 12.0. The molecule has 2 rings (SSSR count). The molecule has 0 saturated carbocycles. The van der Waals surface area contributed by atoms with E-state index >= 15 is 0 Å². The summed E-state index contributed by atoms with van der Waals surface area (Å²) in [7, 11) is 0. The Balaban J connectivity index is 1.92. The number of carbonyl (C=O) groups is 1. The molecular formula is C13H13BrClN3O. The highest BCUT2D eigenvalue weighted by Gasteiger charge is 2.15. The number of rotatable bonds is 4. The van der Waals surface area contributed by atoms with Crippen LogP contribution in [0.5, 0.6) is 0 Å². The van der Waals surface area contributed by atoms with Crippen LogP contribution in [0.25, 0.3) is 0 Å². The van der Waals surface area contributed by atoms with Crippen LogP contribution < -0.4 is 5.32 Å². The third-order valence-electron chi connectivity index (χ3n) is 2.73. The van der Waals surface area contributed by atoms with Crippen molar-refractivity contribution in [1.29, 1.82) is 0 Å². The van der Waals surface area contributed by atoms with Crippen LogP contribution in [-0.2, 0) is 11.3 Å². The van der Waals surface area contributed by atoms with Gasteiger partial charge in [-0.1, -0.05) is 23.7 Å². The summed E-state index contributed by atoms with van der Waals surface area (Å²) in [5.74, 6) is -0.0782. The van der Waals surface area contributed by atoms with Gasteiger partial charge in [-0.15, -0.1) is 0 Å². The topological polar surface area (TPSA) is 46.9 Å². The molecule has 1 aromatic heterocycles. The fourth-order valence-corrected chi connectivity index (χ4v) is 2.01. The lowest BCUT2D eigenvalue weighted by molar-refractivity contribution is -0.124. The Hall–Kier alpha value is -1.33. The Morgan fingerprint density at radius 1 is 1.47 bits per heavy atom. The standard InChI is InChI=1S/C13H13BrClN3O/c1-9(18-8-11(14)7-17-18)13(19)16-6-10-2-4-12(15)5-3-10/h2-5,7-9H,6H2,1H3,(H,16,19). The summed E-state index contributed by atoms with van der Waals surface area (Å²) in [6.07, 6.45) is 3.43. The second kappa shape index (κ2) is 6.21. The molecule has 0 aliphatic heterocycles. The van der Waals surface area contributed by atoms with E-state index < -0.39 is 0 Å². The lowest BCUT2D eigenvalue weighted by atomic mass is 10.2. The van der Waals surface area contributed by atoms with E-state index in [4.69, 9.17) is 11.6 Å². The number of aromatic nitrogens is 2. The van der Waals surface area contributed by atoms with Crippen molar-refractivity contribution in [2.45, 2.75) is 19.5 Å². The first-order valence-corrected chi connectivity index (χ1v) is 6.95. The first-order chi connectivity index (χ1) is 9.06. The number of nitrogens with zero attached hydrogens (tertiary/aromatic N) is 2. The summed E-state index contributed by atoms with van der Waals surface area (Å²) in [4.78, 5) is 12.0. The average Bonchev–Trinajstić information content (AvgIpc) is 2.83. The predicted octanol–water partition coefficient (Wildman–Crippen LogP) is 3.18. The van der Waals surface area contributed by atoms with E-state index in [1.807, 2.05) is 12.1 Å². The highest BCUT2D eigenvalue weighted by molar-refractivity contribution is 9.10. The van der Waals surface area contributed by atoms with Gasteiger partial charge in [0, 0.05) is 17.8 Å². The van der Waals surface area contributed by atoms with Crippen molar-refractivity contribution in [3.05, 3.63) is 51.7 Å². The lowest BCUT2D eigenvalue weighted by Gasteiger charge is -2.12. The van der Waals surface area contributed by atoms with Crippen LogP contribution >= 0.6 is 27.5 Å². The molecule has 1 atom stereocenters. The highest BCUT2D eigenvalue weighted by atomic mass is 79.9. The summed E-state index contributed by atoms with van der Waals surface area (Å²) in [6.45, 7) is 2.28. The first-order valence-electron chi connectivity index (χ1n) is 5.78. The van der Waals surface area contributed by atoms with E-state index in [9.17, 15) is 4.79 Å². The summed E-state index contributed by atoms with van der Waals surface area (Å²) >= 11 is 9.11. The van der Waals surface area contributed by atoms with Gasteiger partial charge in [0.2, 0.25) is 5.91 Å². The zero-order chi connectivity index (χ0) is 13.8. The number of hydrogen-bond acceptors (Lipinski definition) is 2. The number of amides is 1. The van der Waals surface area contributed by atoms with E-state index in [1.165, 1.54) is 0 Å². The summed E-state index contributed by atoms with van der Waals surface area (Å²) in [6, 6.07) is 7.03. The molecule has 0 saturated heterocycles. The van der Waals surface area contributed by atoms with E-state index in [-0.39, 0.29) is 11.9 Å². The molecule has 4 nitrogen and oxygen atoms in total. The Kier molecular flexibility index (Phi) is 4.61. The van der Waals surface area contributed by atoms with Crippen molar-refractivity contribution in [2.75, 3.05) is 0 Å². The molecule has 1 heterocycles. The smallest absolute Gasteiger partial charge is 0.244 e. The fraction of sp³-hybridized carbons (Fsp3) is 0.231. The number of benzene rings is 1. The molecule has 1 unspecified atom stereocenters. The van der Waals surface area contributed by atoms with Crippen molar-refractivity contribution in [3.8, 4) is 0 Å². The first kappa shape index (κ1) is 14.1. The highest BCUT2D eigenvalue weighted by Crippen LogP contribution is 2.12. The van der Waals surface area contributed by atoms with Crippen molar-refractivity contribution in [2.24, 2.45) is 0 Å².